The molecule has 94 valence electrons. The van der Waals surface area contributed by atoms with Crippen LogP contribution in [-0.4, -0.2) is 7.05 Å². The molecule has 0 aromatic heterocycles. The zero-order valence-electron chi connectivity index (χ0n) is 11.4. The molecule has 0 fully saturated rings. The van der Waals surface area contributed by atoms with E-state index in [0.717, 1.165) is 0 Å². The first-order valence-corrected chi connectivity index (χ1v) is 6.55. The lowest BCUT2D eigenvalue weighted by molar-refractivity contribution is 0.641. The molecule has 1 heteroatoms. The highest BCUT2D eigenvalue weighted by Gasteiger charge is 2.14. The highest BCUT2D eigenvalue weighted by atomic mass is 14.9. The quantitative estimate of drug-likeness (QED) is 0.846. The van der Waals surface area contributed by atoms with Gasteiger partial charge in [0.1, 0.15) is 0 Å². The molecular formula is C17H21N. The van der Waals surface area contributed by atoms with Crippen molar-refractivity contribution in [1.29, 1.82) is 0 Å². The second-order valence-electron chi connectivity index (χ2n) is 4.77. The van der Waals surface area contributed by atoms with Crippen LogP contribution >= 0.6 is 0 Å². The summed E-state index contributed by atoms with van der Waals surface area (Å²) in [5.74, 6) is 0.429. The fourth-order valence-electron chi connectivity index (χ4n) is 2.38. The summed E-state index contributed by atoms with van der Waals surface area (Å²) in [6, 6.07) is 19.8. The standard InChI is InChI=1S/C17H21N/c1-13(15-9-5-4-6-10-15)16-11-7-8-12-17(16)14(2)18-3/h4-14,18H,1-3H3/t13-,14-/m0/s1. The zero-order chi connectivity index (χ0) is 13.0. The normalized spacial score (nSPS) is 14.2. The second kappa shape index (κ2) is 5.83. The zero-order valence-corrected chi connectivity index (χ0v) is 11.4. The Bertz CT molecular complexity index is 490. The fourth-order valence-corrected chi connectivity index (χ4v) is 2.38. The number of hydrogen-bond donors (Lipinski definition) is 1. The molecule has 0 bridgehead atoms. The van der Waals surface area contributed by atoms with Crippen molar-refractivity contribution in [2.45, 2.75) is 25.8 Å². The highest BCUT2D eigenvalue weighted by Crippen LogP contribution is 2.29. The van der Waals surface area contributed by atoms with Crippen LogP contribution in [0.2, 0.25) is 0 Å². The molecule has 18 heavy (non-hydrogen) atoms. The maximum absolute atomic E-state index is 3.33. The smallest absolute Gasteiger partial charge is 0.0291 e. The maximum Gasteiger partial charge on any atom is 0.0291 e. The van der Waals surface area contributed by atoms with E-state index in [4.69, 9.17) is 0 Å². The van der Waals surface area contributed by atoms with Crippen LogP contribution in [0.25, 0.3) is 0 Å². The molecule has 0 aliphatic carbocycles. The van der Waals surface area contributed by atoms with E-state index in [1.807, 2.05) is 7.05 Å². The third-order valence-corrected chi connectivity index (χ3v) is 3.66. The van der Waals surface area contributed by atoms with Crippen molar-refractivity contribution in [2.75, 3.05) is 7.05 Å². The van der Waals surface area contributed by atoms with Gasteiger partial charge in [0.05, 0.1) is 0 Å². The first kappa shape index (κ1) is 12.8. The van der Waals surface area contributed by atoms with Crippen molar-refractivity contribution in [3.63, 3.8) is 0 Å². The van der Waals surface area contributed by atoms with Crippen LogP contribution in [0.3, 0.4) is 0 Å². The highest BCUT2D eigenvalue weighted by molar-refractivity contribution is 5.38. The van der Waals surface area contributed by atoms with Gasteiger partial charge in [0.15, 0.2) is 0 Å². The molecule has 0 aliphatic rings. The second-order valence-corrected chi connectivity index (χ2v) is 4.77. The van der Waals surface area contributed by atoms with Crippen LogP contribution in [0, 0.1) is 0 Å². The monoisotopic (exact) mass is 239 g/mol. The summed E-state index contributed by atoms with van der Waals surface area (Å²) in [5.41, 5.74) is 4.16. The van der Waals surface area contributed by atoms with Gasteiger partial charge in [-0.3, -0.25) is 0 Å². The molecule has 0 amide bonds. The Morgan fingerprint density at radius 1 is 0.778 bits per heavy atom. The van der Waals surface area contributed by atoms with Crippen molar-refractivity contribution in [3.8, 4) is 0 Å². The van der Waals surface area contributed by atoms with E-state index in [2.05, 4.69) is 73.8 Å². The average molecular weight is 239 g/mol. The lowest BCUT2D eigenvalue weighted by atomic mass is 9.87. The molecule has 2 aromatic rings. The third kappa shape index (κ3) is 2.62. The molecule has 2 atom stereocenters. The van der Waals surface area contributed by atoms with E-state index >= 15 is 0 Å². The predicted octanol–water partition coefficient (Wildman–Crippen LogP) is 4.12. The summed E-state index contributed by atoms with van der Waals surface area (Å²) >= 11 is 0. The minimum absolute atomic E-state index is 0.382. The first-order chi connectivity index (χ1) is 8.74. The minimum atomic E-state index is 0.382. The van der Waals surface area contributed by atoms with Crippen LogP contribution in [0.5, 0.6) is 0 Å². The van der Waals surface area contributed by atoms with E-state index in [1.54, 1.807) is 0 Å². The fraction of sp³-hybridized carbons (Fsp3) is 0.294. The molecule has 0 heterocycles. The van der Waals surface area contributed by atoms with Gasteiger partial charge >= 0.3 is 0 Å². The Morgan fingerprint density at radius 3 is 1.94 bits per heavy atom. The molecule has 0 spiro atoms. The van der Waals surface area contributed by atoms with Crippen LogP contribution in [0.15, 0.2) is 54.6 Å². The summed E-state index contributed by atoms with van der Waals surface area (Å²) in [6.07, 6.45) is 0. The van der Waals surface area contributed by atoms with Crippen molar-refractivity contribution in [2.24, 2.45) is 0 Å². The van der Waals surface area contributed by atoms with Crippen molar-refractivity contribution < 1.29 is 0 Å². The average Bonchev–Trinajstić information content (AvgIpc) is 2.46. The molecular weight excluding hydrogens is 218 g/mol. The summed E-state index contributed by atoms with van der Waals surface area (Å²) in [6.45, 7) is 4.48. The van der Waals surface area contributed by atoms with Crippen molar-refractivity contribution >= 4 is 0 Å². The van der Waals surface area contributed by atoms with Crippen molar-refractivity contribution in [3.05, 3.63) is 71.3 Å². The summed E-state index contributed by atoms with van der Waals surface area (Å²) in [4.78, 5) is 0. The largest absolute Gasteiger partial charge is 0.313 e. The Morgan fingerprint density at radius 2 is 1.33 bits per heavy atom. The van der Waals surface area contributed by atoms with Crippen LogP contribution in [-0.2, 0) is 0 Å². The lowest BCUT2D eigenvalue weighted by Gasteiger charge is -2.20. The third-order valence-electron chi connectivity index (χ3n) is 3.66. The van der Waals surface area contributed by atoms with Crippen LogP contribution in [0.1, 0.15) is 42.5 Å². The predicted molar refractivity (Wildman–Crippen MR) is 77.9 cm³/mol. The lowest BCUT2D eigenvalue weighted by Crippen LogP contribution is -2.15. The van der Waals surface area contributed by atoms with E-state index in [-0.39, 0.29) is 0 Å². The Hall–Kier alpha value is -1.60. The molecule has 0 aliphatic heterocycles. The summed E-state index contributed by atoms with van der Waals surface area (Å²) < 4.78 is 0. The summed E-state index contributed by atoms with van der Waals surface area (Å²) in [7, 11) is 2.01. The van der Waals surface area contributed by atoms with Gasteiger partial charge in [-0.25, -0.2) is 0 Å². The summed E-state index contributed by atoms with van der Waals surface area (Å²) in [5, 5.41) is 3.33. The molecule has 1 N–H and O–H groups in total. The molecule has 1 nitrogen and oxygen atoms in total. The van der Waals surface area contributed by atoms with Gasteiger partial charge < -0.3 is 5.32 Å². The molecule has 0 saturated carbocycles. The van der Waals surface area contributed by atoms with Crippen molar-refractivity contribution in [1.82, 2.24) is 5.32 Å². The van der Waals surface area contributed by atoms with E-state index < -0.39 is 0 Å². The van der Waals surface area contributed by atoms with Crippen LogP contribution in [0.4, 0.5) is 0 Å². The minimum Gasteiger partial charge on any atom is -0.313 e. The number of benzene rings is 2. The van der Waals surface area contributed by atoms with E-state index in [9.17, 15) is 0 Å². The van der Waals surface area contributed by atoms with Crippen LogP contribution < -0.4 is 5.32 Å². The van der Waals surface area contributed by atoms with E-state index in [0.29, 0.717) is 12.0 Å². The number of nitrogens with one attached hydrogen (secondary N) is 1. The van der Waals surface area contributed by atoms with Gasteiger partial charge in [0.25, 0.3) is 0 Å². The maximum atomic E-state index is 3.33. The Labute approximate surface area is 110 Å². The molecule has 2 rings (SSSR count). The first-order valence-electron chi connectivity index (χ1n) is 6.55. The Balaban J connectivity index is 2.39. The van der Waals surface area contributed by atoms with Gasteiger partial charge in [-0.05, 0) is 30.7 Å². The molecule has 0 radical (unpaired) electrons. The van der Waals surface area contributed by atoms with Gasteiger partial charge in [-0.15, -0.1) is 0 Å². The Kier molecular flexibility index (Phi) is 4.16. The number of hydrogen-bond acceptors (Lipinski definition) is 1. The molecule has 0 saturated heterocycles. The van der Waals surface area contributed by atoms with Gasteiger partial charge in [0, 0.05) is 12.0 Å². The molecule has 0 unspecified atom stereocenters. The topological polar surface area (TPSA) is 12.0 Å². The van der Waals surface area contributed by atoms with Gasteiger partial charge in [-0.1, -0.05) is 61.5 Å². The number of rotatable bonds is 4. The van der Waals surface area contributed by atoms with Gasteiger partial charge in [-0.2, -0.15) is 0 Å². The SMILES string of the molecule is CN[C@@H](C)c1ccccc1[C@@H](C)c1ccccc1. The molecule has 2 aromatic carbocycles. The van der Waals surface area contributed by atoms with Gasteiger partial charge in [0.2, 0.25) is 0 Å². The van der Waals surface area contributed by atoms with E-state index in [1.165, 1.54) is 16.7 Å².